The van der Waals surface area contributed by atoms with Crippen molar-refractivity contribution in [1.82, 2.24) is 0 Å². The highest BCUT2D eigenvalue weighted by Crippen LogP contribution is 2.24. The second kappa shape index (κ2) is 5.44. The number of para-hydroxylation sites is 2. The Bertz CT molecular complexity index is 552. The first-order chi connectivity index (χ1) is 8.58. The summed E-state index contributed by atoms with van der Waals surface area (Å²) in [6.45, 7) is 2.98. The molecule has 0 aliphatic carbocycles. The maximum atomic E-state index is 5.99. The average molecular weight is 305 g/mol. The third-order valence-corrected chi connectivity index (χ3v) is 3.56. The lowest BCUT2D eigenvalue weighted by atomic mass is 10.1. The Morgan fingerprint density at radius 3 is 2.61 bits per heavy atom. The third-order valence-electron chi connectivity index (χ3n) is 3.07. The molecule has 94 valence electrons. The Morgan fingerprint density at radius 1 is 1.17 bits per heavy atom. The highest BCUT2D eigenvalue weighted by molar-refractivity contribution is 9.10. The predicted octanol–water partition coefficient (Wildman–Crippen LogP) is 3.98. The Kier molecular flexibility index (Phi) is 3.92. The van der Waals surface area contributed by atoms with Crippen molar-refractivity contribution in [2.45, 2.75) is 13.5 Å². The van der Waals surface area contributed by atoms with Crippen molar-refractivity contribution in [2.24, 2.45) is 0 Å². The van der Waals surface area contributed by atoms with Crippen LogP contribution >= 0.6 is 15.9 Å². The quantitative estimate of drug-likeness (QED) is 0.869. The molecule has 0 heterocycles. The van der Waals surface area contributed by atoms with Crippen molar-refractivity contribution in [3.05, 3.63) is 58.1 Å². The molecule has 2 aromatic carbocycles. The predicted molar refractivity (Wildman–Crippen MR) is 81.8 cm³/mol. The number of anilines is 2. The first kappa shape index (κ1) is 13.0. The minimum Gasteiger partial charge on any atom is -0.397 e. The number of hydrogen-bond acceptors (Lipinski definition) is 2. The van der Waals surface area contributed by atoms with Gasteiger partial charge >= 0.3 is 0 Å². The van der Waals surface area contributed by atoms with Gasteiger partial charge in [0.1, 0.15) is 0 Å². The monoisotopic (exact) mass is 304 g/mol. The van der Waals surface area contributed by atoms with E-state index in [9.17, 15) is 0 Å². The average Bonchev–Trinajstić information content (AvgIpc) is 2.34. The molecule has 2 N–H and O–H groups in total. The lowest BCUT2D eigenvalue weighted by Crippen LogP contribution is -2.18. The zero-order valence-electron chi connectivity index (χ0n) is 10.7. The van der Waals surface area contributed by atoms with Crippen molar-refractivity contribution in [3.63, 3.8) is 0 Å². The molecule has 0 spiro atoms. The number of aryl methyl sites for hydroxylation is 1. The topological polar surface area (TPSA) is 29.3 Å². The second-order valence-corrected chi connectivity index (χ2v) is 5.40. The Hall–Kier alpha value is -1.48. The molecule has 18 heavy (non-hydrogen) atoms. The lowest BCUT2D eigenvalue weighted by molar-refractivity contribution is 0.915. The van der Waals surface area contributed by atoms with Crippen LogP contribution in [0.25, 0.3) is 0 Å². The molecule has 2 nitrogen and oxygen atoms in total. The van der Waals surface area contributed by atoms with Crippen molar-refractivity contribution in [2.75, 3.05) is 17.7 Å². The van der Waals surface area contributed by atoms with Crippen LogP contribution in [0, 0.1) is 6.92 Å². The molecule has 0 amide bonds. The number of nitrogens with zero attached hydrogens (tertiary/aromatic N) is 1. The normalized spacial score (nSPS) is 10.4. The Balaban J connectivity index is 2.24. The molecule has 0 saturated carbocycles. The van der Waals surface area contributed by atoms with Gasteiger partial charge in [0.05, 0.1) is 11.4 Å². The molecule has 0 aromatic heterocycles. The molecule has 2 rings (SSSR count). The van der Waals surface area contributed by atoms with Crippen LogP contribution < -0.4 is 10.6 Å². The maximum Gasteiger partial charge on any atom is 0.0600 e. The van der Waals surface area contributed by atoms with Gasteiger partial charge in [0.25, 0.3) is 0 Å². The fourth-order valence-electron chi connectivity index (χ4n) is 1.99. The van der Waals surface area contributed by atoms with E-state index in [1.807, 2.05) is 24.3 Å². The number of halogens is 1. The van der Waals surface area contributed by atoms with Crippen molar-refractivity contribution in [1.29, 1.82) is 0 Å². The molecule has 0 aliphatic heterocycles. The zero-order chi connectivity index (χ0) is 13.1. The van der Waals surface area contributed by atoms with Gasteiger partial charge in [-0.15, -0.1) is 0 Å². The molecule has 3 heteroatoms. The zero-order valence-corrected chi connectivity index (χ0v) is 12.2. The molecule has 0 unspecified atom stereocenters. The highest BCUT2D eigenvalue weighted by Gasteiger charge is 2.07. The number of nitrogen functional groups attached to an aromatic ring is 1. The molecule has 0 saturated heterocycles. The van der Waals surface area contributed by atoms with E-state index in [1.165, 1.54) is 11.1 Å². The van der Waals surface area contributed by atoms with Gasteiger partial charge in [-0.25, -0.2) is 0 Å². The minimum absolute atomic E-state index is 0.813. The van der Waals surface area contributed by atoms with E-state index in [1.54, 1.807) is 0 Å². The van der Waals surface area contributed by atoms with Crippen molar-refractivity contribution in [3.8, 4) is 0 Å². The summed E-state index contributed by atoms with van der Waals surface area (Å²) in [7, 11) is 2.06. The summed E-state index contributed by atoms with van der Waals surface area (Å²) >= 11 is 3.51. The van der Waals surface area contributed by atoms with Gasteiger partial charge in [0.15, 0.2) is 0 Å². The first-order valence-electron chi connectivity index (χ1n) is 5.88. The van der Waals surface area contributed by atoms with Crippen LogP contribution in [-0.4, -0.2) is 7.05 Å². The fraction of sp³-hybridized carbons (Fsp3) is 0.200. The maximum absolute atomic E-state index is 5.99. The molecule has 0 radical (unpaired) electrons. The van der Waals surface area contributed by atoms with Crippen LogP contribution in [-0.2, 0) is 6.54 Å². The van der Waals surface area contributed by atoms with E-state index in [0.29, 0.717) is 0 Å². The van der Waals surface area contributed by atoms with Crippen LogP contribution in [0.2, 0.25) is 0 Å². The number of nitrogens with two attached hydrogens (primary N) is 1. The molecule has 0 bridgehead atoms. The van der Waals surface area contributed by atoms with E-state index in [2.05, 4.69) is 53.0 Å². The summed E-state index contributed by atoms with van der Waals surface area (Å²) in [5.74, 6) is 0. The smallest absolute Gasteiger partial charge is 0.0600 e. The SMILES string of the molecule is Cc1ccc(Br)cc1CN(C)c1ccccc1N. The van der Waals surface area contributed by atoms with Crippen LogP contribution in [0.4, 0.5) is 11.4 Å². The van der Waals surface area contributed by atoms with Crippen LogP contribution in [0.5, 0.6) is 0 Å². The van der Waals surface area contributed by atoms with E-state index in [0.717, 1.165) is 22.4 Å². The van der Waals surface area contributed by atoms with Gasteiger partial charge in [0, 0.05) is 18.1 Å². The van der Waals surface area contributed by atoms with Gasteiger partial charge in [-0.05, 0) is 42.3 Å². The third kappa shape index (κ3) is 2.85. The fourth-order valence-corrected chi connectivity index (χ4v) is 2.39. The van der Waals surface area contributed by atoms with E-state index >= 15 is 0 Å². The van der Waals surface area contributed by atoms with Crippen LogP contribution in [0.1, 0.15) is 11.1 Å². The Morgan fingerprint density at radius 2 is 1.89 bits per heavy atom. The number of hydrogen-bond donors (Lipinski definition) is 1. The molecule has 0 aliphatic rings. The summed E-state index contributed by atoms with van der Waals surface area (Å²) in [6, 6.07) is 14.3. The van der Waals surface area contributed by atoms with Crippen molar-refractivity contribution < 1.29 is 0 Å². The highest BCUT2D eigenvalue weighted by atomic mass is 79.9. The summed E-state index contributed by atoms with van der Waals surface area (Å²) in [4.78, 5) is 2.17. The molecule has 0 fully saturated rings. The van der Waals surface area contributed by atoms with Gasteiger partial charge in [0.2, 0.25) is 0 Å². The molecular formula is C15H17BrN2. The van der Waals surface area contributed by atoms with Gasteiger partial charge in [-0.3, -0.25) is 0 Å². The van der Waals surface area contributed by atoms with E-state index in [-0.39, 0.29) is 0 Å². The summed E-state index contributed by atoms with van der Waals surface area (Å²) in [5.41, 5.74) is 10.5. The number of rotatable bonds is 3. The summed E-state index contributed by atoms with van der Waals surface area (Å²) < 4.78 is 1.11. The van der Waals surface area contributed by atoms with Crippen LogP contribution in [0.3, 0.4) is 0 Å². The largest absolute Gasteiger partial charge is 0.397 e. The van der Waals surface area contributed by atoms with Crippen LogP contribution in [0.15, 0.2) is 46.9 Å². The lowest BCUT2D eigenvalue weighted by Gasteiger charge is -2.22. The minimum atomic E-state index is 0.813. The van der Waals surface area contributed by atoms with Crippen molar-refractivity contribution >= 4 is 27.3 Å². The number of benzene rings is 2. The van der Waals surface area contributed by atoms with Gasteiger partial charge in [-0.1, -0.05) is 34.1 Å². The van der Waals surface area contributed by atoms with E-state index < -0.39 is 0 Å². The summed E-state index contributed by atoms with van der Waals surface area (Å²) in [5, 5.41) is 0. The summed E-state index contributed by atoms with van der Waals surface area (Å²) in [6.07, 6.45) is 0. The standard InChI is InChI=1S/C15H17BrN2/c1-11-7-8-13(16)9-12(11)10-18(2)15-6-4-3-5-14(15)17/h3-9H,10,17H2,1-2H3. The first-order valence-corrected chi connectivity index (χ1v) is 6.68. The second-order valence-electron chi connectivity index (χ2n) is 4.49. The van der Waals surface area contributed by atoms with E-state index in [4.69, 9.17) is 5.73 Å². The van der Waals surface area contributed by atoms with Gasteiger partial charge in [-0.2, -0.15) is 0 Å². The molecule has 0 atom stereocenters. The molecule has 2 aromatic rings. The van der Waals surface area contributed by atoms with Gasteiger partial charge < -0.3 is 10.6 Å². The Labute approximate surface area is 117 Å². The molecular weight excluding hydrogens is 288 g/mol.